The van der Waals surface area contributed by atoms with Crippen molar-refractivity contribution < 1.29 is 149 Å². The van der Waals surface area contributed by atoms with Crippen LogP contribution >= 0.6 is 0 Å². The second-order valence-corrected chi connectivity index (χ2v) is 12.1. The lowest BCUT2D eigenvalue weighted by atomic mass is 9.87. The van der Waals surface area contributed by atoms with E-state index >= 15 is 0 Å². The van der Waals surface area contributed by atoms with Gasteiger partial charge in [-0.3, -0.25) is 0 Å². The molecule has 0 N–H and O–H groups in total. The number of hydrogen-bond acceptors (Lipinski definition) is 0. The molecule has 0 heterocycles. The maximum atomic E-state index is 14.1. The van der Waals surface area contributed by atoms with Crippen LogP contribution in [0.3, 0.4) is 0 Å². The molecule has 0 spiro atoms. The summed E-state index contributed by atoms with van der Waals surface area (Å²) < 4.78 is 455. The van der Waals surface area contributed by atoms with Crippen molar-refractivity contribution in [2.24, 2.45) is 0 Å². The average molecular weight is 958 g/mol. The van der Waals surface area contributed by atoms with E-state index in [0.29, 0.717) is 0 Å². The number of halogens is 34. The van der Waals surface area contributed by atoms with Gasteiger partial charge in [-0.2, -0.15) is 149 Å². The van der Waals surface area contributed by atoms with Crippen molar-refractivity contribution in [2.45, 2.75) is 127 Å². The third-order valence-electron chi connectivity index (χ3n) is 8.08. The summed E-state index contributed by atoms with van der Waals surface area (Å²) in [4.78, 5) is 0. The first kappa shape index (κ1) is 54.1. The second-order valence-electron chi connectivity index (χ2n) is 12.1. The van der Waals surface area contributed by atoms with E-state index in [4.69, 9.17) is 0 Å². The molecule has 59 heavy (non-hydrogen) atoms. The lowest BCUT2D eigenvalue weighted by Crippen LogP contribution is -2.74. The number of allylic oxidation sites excluding steroid dienone is 4. The molecule has 1 rings (SSSR count). The van der Waals surface area contributed by atoms with Gasteiger partial charge >= 0.3 is 95.3 Å². The van der Waals surface area contributed by atoms with E-state index in [1.54, 1.807) is 0 Å². The second kappa shape index (κ2) is 14.3. The van der Waals surface area contributed by atoms with Crippen LogP contribution in [0.2, 0.25) is 0 Å². The summed E-state index contributed by atoms with van der Waals surface area (Å²) in [5.74, 6) is -118. The van der Waals surface area contributed by atoms with Crippen molar-refractivity contribution in [3.8, 4) is 0 Å². The molecule has 0 saturated carbocycles. The van der Waals surface area contributed by atoms with E-state index in [0.717, 1.165) is 0 Å². The molecule has 0 nitrogen and oxygen atoms in total. The Balaban J connectivity index is 3.35. The molecule has 0 aliphatic heterocycles. The lowest BCUT2D eigenvalue weighted by Gasteiger charge is -2.42. The predicted molar refractivity (Wildman–Crippen MR) is 121 cm³/mol. The molecule has 0 unspecified atom stereocenters. The minimum atomic E-state index is -8.97. The molecule has 0 fully saturated rings. The molecule has 0 atom stereocenters. The minimum absolute atomic E-state index is 0.0379. The van der Waals surface area contributed by atoms with Gasteiger partial charge in [-0.05, 0) is 19.3 Å². The smallest absolute Gasteiger partial charge is 0.200 e. The zero-order chi connectivity index (χ0) is 48.1. The van der Waals surface area contributed by atoms with Gasteiger partial charge < -0.3 is 0 Å². The molecular formula is C25H12F34. The van der Waals surface area contributed by atoms with Crippen LogP contribution in [0.25, 0.3) is 0 Å². The van der Waals surface area contributed by atoms with E-state index in [9.17, 15) is 149 Å². The first-order valence-corrected chi connectivity index (χ1v) is 14.0. The maximum absolute atomic E-state index is 14.1. The molecule has 0 aromatic carbocycles. The Morgan fingerprint density at radius 2 is 0.508 bits per heavy atom. The molecule has 0 amide bonds. The van der Waals surface area contributed by atoms with E-state index in [1.807, 2.05) is 0 Å². The van der Waals surface area contributed by atoms with Gasteiger partial charge in [0.2, 0.25) is 0 Å². The highest BCUT2D eigenvalue weighted by molar-refractivity contribution is 5.33. The van der Waals surface area contributed by atoms with Crippen LogP contribution in [-0.4, -0.2) is 95.3 Å². The molecule has 0 aromatic heterocycles. The van der Waals surface area contributed by atoms with Gasteiger partial charge in [0, 0.05) is 12.8 Å². The zero-order valence-electron chi connectivity index (χ0n) is 26.5. The highest BCUT2D eigenvalue weighted by Gasteiger charge is 2.96. The molecule has 0 radical (unpaired) electrons. The summed E-state index contributed by atoms with van der Waals surface area (Å²) in [7, 11) is 0. The molecule has 1 aliphatic carbocycles. The van der Waals surface area contributed by atoms with Gasteiger partial charge in [-0.15, -0.1) is 0 Å². The highest BCUT2D eigenvalue weighted by atomic mass is 19.4. The van der Waals surface area contributed by atoms with Crippen LogP contribution in [0.15, 0.2) is 23.3 Å². The van der Waals surface area contributed by atoms with Crippen LogP contribution in [0.1, 0.15) is 32.1 Å². The Morgan fingerprint density at radius 1 is 0.288 bits per heavy atom. The maximum Gasteiger partial charge on any atom is 0.460 e. The van der Waals surface area contributed by atoms with Crippen molar-refractivity contribution in [1.29, 1.82) is 0 Å². The van der Waals surface area contributed by atoms with Crippen LogP contribution in [0.4, 0.5) is 149 Å². The number of alkyl halides is 34. The van der Waals surface area contributed by atoms with E-state index in [-0.39, 0.29) is 12.2 Å². The Morgan fingerprint density at radius 3 is 0.763 bits per heavy atom. The largest absolute Gasteiger partial charge is 0.460 e. The van der Waals surface area contributed by atoms with Crippen molar-refractivity contribution in [2.75, 3.05) is 0 Å². The van der Waals surface area contributed by atoms with Gasteiger partial charge in [-0.25, -0.2) is 0 Å². The van der Waals surface area contributed by atoms with Crippen LogP contribution < -0.4 is 0 Å². The van der Waals surface area contributed by atoms with Crippen molar-refractivity contribution in [3.63, 3.8) is 0 Å². The fourth-order valence-corrected chi connectivity index (χ4v) is 4.32. The van der Waals surface area contributed by atoms with Crippen molar-refractivity contribution in [3.05, 3.63) is 23.3 Å². The summed E-state index contributed by atoms with van der Waals surface area (Å²) in [6.45, 7) is 0. The zero-order valence-corrected chi connectivity index (χ0v) is 26.5. The molecule has 0 saturated heterocycles. The topological polar surface area (TPSA) is 0 Å². The Kier molecular flexibility index (Phi) is 13.1. The molecular weight excluding hydrogens is 946 g/mol. The molecule has 34 heteroatoms. The van der Waals surface area contributed by atoms with E-state index < -0.39 is 139 Å². The fraction of sp³-hybridized carbons (Fsp3) is 0.840. The Hall–Kier alpha value is -2.90. The van der Waals surface area contributed by atoms with Crippen LogP contribution in [0.5, 0.6) is 0 Å². The van der Waals surface area contributed by atoms with E-state index in [2.05, 4.69) is 0 Å². The minimum Gasteiger partial charge on any atom is -0.200 e. The third kappa shape index (κ3) is 7.48. The SMILES string of the molecule is FC(F)(F)C(F)(F)C(F)(F)C(F)(F)C(F)(F)C(F)(F)C(F)(F)C(F)(F)CCC1=CCC(CCC(F)(F)C(F)(F)C(F)(F)C(F)(F)C(F)(F)C(F)(F)C(F)(F)C(F)(F)F)=C1. The average Bonchev–Trinajstić information content (AvgIpc) is 3.48. The van der Waals surface area contributed by atoms with Gasteiger partial charge in [0.25, 0.3) is 0 Å². The summed E-state index contributed by atoms with van der Waals surface area (Å²) in [6, 6.07) is 0. The molecule has 350 valence electrons. The monoisotopic (exact) mass is 958 g/mol. The summed E-state index contributed by atoms with van der Waals surface area (Å²) >= 11 is 0. The Labute approximate surface area is 301 Å². The van der Waals surface area contributed by atoms with Crippen LogP contribution in [0, 0.1) is 0 Å². The van der Waals surface area contributed by atoms with Crippen molar-refractivity contribution >= 4 is 0 Å². The molecule has 0 bridgehead atoms. The summed E-state index contributed by atoms with van der Waals surface area (Å²) in [5.41, 5.74) is -2.36. The van der Waals surface area contributed by atoms with Crippen LogP contribution in [-0.2, 0) is 0 Å². The fourth-order valence-electron chi connectivity index (χ4n) is 4.32. The predicted octanol–water partition coefficient (Wildman–Crippen LogP) is 13.8. The number of rotatable bonds is 18. The van der Waals surface area contributed by atoms with E-state index in [1.165, 1.54) is 0 Å². The Bertz CT molecular complexity index is 1580. The van der Waals surface area contributed by atoms with Gasteiger partial charge in [0.1, 0.15) is 0 Å². The van der Waals surface area contributed by atoms with Gasteiger partial charge in [0.05, 0.1) is 0 Å². The third-order valence-corrected chi connectivity index (χ3v) is 8.08. The van der Waals surface area contributed by atoms with Gasteiger partial charge in [-0.1, -0.05) is 23.3 Å². The van der Waals surface area contributed by atoms with Gasteiger partial charge in [0.15, 0.2) is 0 Å². The van der Waals surface area contributed by atoms with Crippen molar-refractivity contribution in [1.82, 2.24) is 0 Å². The molecule has 1 aliphatic rings. The number of hydrogen-bond donors (Lipinski definition) is 0. The standard InChI is InChI=1S/C25H12F34/c26-10(27,12(30,31)14(34,35)16(38,39)18(42,43)20(46,47)22(50,51)24(54,55)56)5-3-8-1-2-9(7-8)4-6-11(28,29)13(32,33)15(36,37)17(40,41)19(44,45)21(48,49)23(52,53)25(57,58)59/h1,7H,2-6H2. The first-order chi connectivity index (χ1) is 25.2. The highest BCUT2D eigenvalue weighted by Crippen LogP contribution is 2.66. The quantitative estimate of drug-likeness (QED) is 0.120. The normalized spacial score (nSPS) is 17.7. The lowest BCUT2D eigenvalue weighted by molar-refractivity contribution is -0.461. The molecule has 0 aromatic rings. The summed E-state index contributed by atoms with van der Waals surface area (Å²) in [5, 5.41) is 0. The summed E-state index contributed by atoms with van der Waals surface area (Å²) in [6.07, 6.45) is -27.6. The first-order valence-electron chi connectivity index (χ1n) is 14.0.